The summed E-state index contributed by atoms with van der Waals surface area (Å²) in [6.45, 7) is 1.93. The van der Waals surface area contributed by atoms with Gasteiger partial charge in [-0.1, -0.05) is 48.5 Å². The van der Waals surface area contributed by atoms with E-state index in [2.05, 4.69) is 5.32 Å². The summed E-state index contributed by atoms with van der Waals surface area (Å²) >= 11 is 0. The lowest BCUT2D eigenvalue weighted by molar-refractivity contribution is -0.121. The van der Waals surface area contributed by atoms with Gasteiger partial charge in [-0.2, -0.15) is 0 Å². The Morgan fingerprint density at radius 2 is 1.81 bits per heavy atom. The van der Waals surface area contributed by atoms with Crippen molar-refractivity contribution in [2.45, 2.75) is 19.4 Å². The van der Waals surface area contributed by atoms with Gasteiger partial charge in [0, 0.05) is 5.39 Å². The molecule has 21 heavy (non-hydrogen) atoms. The van der Waals surface area contributed by atoms with Crippen LogP contribution < -0.4 is 5.32 Å². The van der Waals surface area contributed by atoms with Gasteiger partial charge in [0.15, 0.2) is 0 Å². The molecular weight excluding hydrogens is 262 g/mol. The zero-order valence-electron chi connectivity index (χ0n) is 11.9. The fourth-order valence-corrected chi connectivity index (χ4v) is 2.36. The van der Waals surface area contributed by atoms with Gasteiger partial charge in [-0.15, -0.1) is 0 Å². The number of furan rings is 1. The second-order valence-corrected chi connectivity index (χ2v) is 5.14. The predicted molar refractivity (Wildman–Crippen MR) is 82.9 cm³/mol. The Bertz CT molecular complexity index is 713. The molecule has 3 nitrogen and oxygen atoms in total. The van der Waals surface area contributed by atoms with Gasteiger partial charge in [0.1, 0.15) is 11.3 Å². The van der Waals surface area contributed by atoms with Gasteiger partial charge < -0.3 is 9.73 Å². The van der Waals surface area contributed by atoms with E-state index in [1.54, 1.807) is 0 Å². The molecule has 2 aromatic carbocycles. The Morgan fingerprint density at radius 3 is 2.57 bits per heavy atom. The van der Waals surface area contributed by atoms with E-state index >= 15 is 0 Å². The molecule has 3 aromatic rings. The van der Waals surface area contributed by atoms with Crippen LogP contribution >= 0.6 is 0 Å². The summed E-state index contributed by atoms with van der Waals surface area (Å²) < 4.78 is 5.77. The van der Waals surface area contributed by atoms with E-state index in [-0.39, 0.29) is 11.9 Å². The molecule has 1 amide bonds. The Labute approximate surface area is 123 Å². The lowest BCUT2D eigenvalue weighted by Gasteiger charge is -2.11. The van der Waals surface area contributed by atoms with Crippen molar-refractivity contribution in [2.24, 2.45) is 0 Å². The van der Waals surface area contributed by atoms with Crippen molar-refractivity contribution < 1.29 is 9.21 Å². The maximum atomic E-state index is 12.1. The minimum atomic E-state index is -0.145. The fourth-order valence-electron chi connectivity index (χ4n) is 2.36. The summed E-state index contributed by atoms with van der Waals surface area (Å²) in [7, 11) is 0. The summed E-state index contributed by atoms with van der Waals surface area (Å²) in [5.41, 5.74) is 1.85. The second kappa shape index (κ2) is 5.83. The Morgan fingerprint density at radius 1 is 1.10 bits per heavy atom. The van der Waals surface area contributed by atoms with E-state index < -0.39 is 0 Å². The SMILES string of the molecule is CC(NC(=O)Cc1ccccc1)c1cc2ccccc2o1. The average molecular weight is 279 g/mol. The standard InChI is InChI=1S/C18H17NO2/c1-13(17-12-15-9-5-6-10-16(15)21-17)19-18(20)11-14-7-3-2-4-8-14/h2-10,12-13H,11H2,1H3,(H,19,20). The molecule has 0 aliphatic carbocycles. The molecule has 1 aromatic heterocycles. The van der Waals surface area contributed by atoms with E-state index in [0.717, 1.165) is 22.3 Å². The molecule has 0 saturated heterocycles. The number of rotatable bonds is 4. The van der Waals surface area contributed by atoms with E-state index in [4.69, 9.17) is 4.42 Å². The van der Waals surface area contributed by atoms with Crippen LogP contribution in [0.15, 0.2) is 65.1 Å². The molecule has 1 heterocycles. The van der Waals surface area contributed by atoms with Gasteiger partial charge in [-0.3, -0.25) is 4.79 Å². The van der Waals surface area contributed by atoms with Gasteiger partial charge in [0.2, 0.25) is 5.91 Å². The number of nitrogens with one attached hydrogen (secondary N) is 1. The number of hydrogen-bond donors (Lipinski definition) is 1. The molecule has 0 aliphatic rings. The molecule has 0 fully saturated rings. The number of carbonyl (C=O) groups excluding carboxylic acids is 1. The molecule has 0 saturated carbocycles. The Balaban J connectivity index is 1.68. The predicted octanol–water partition coefficient (Wildman–Crippen LogP) is 3.85. The van der Waals surface area contributed by atoms with Crippen molar-refractivity contribution in [2.75, 3.05) is 0 Å². The topological polar surface area (TPSA) is 42.2 Å². The first-order chi connectivity index (χ1) is 10.2. The number of benzene rings is 2. The van der Waals surface area contributed by atoms with Crippen LogP contribution in [0.25, 0.3) is 11.0 Å². The molecular formula is C18H17NO2. The first-order valence-corrected chi connectivity index (χ1v) is 7.04. The summed E-state index contributed by atoms with van der Waals surface area (Å²) in [5, 5.41) is 4.03. The van der Waals surface area contributed by atoms with Crippen LogP contribution in [0, 0.1) is 0 Å². The number of hydrogen-bond acceptors (Lipinski definition) is 2. The molecule has 0 spiro atoms. The monoisotopic (exact) mass is 279 g/mol. The summed E-state index contributed by atoms with van der Waals surface area (Å²) in [6.07, 6.45) is 0.380. The lowest BCUT2D eigenvalue weighted by Crippen LogP contribution is -2.27. The third-order valence-electron chi connectivity index (χ3n) is 3.46. The minimum Gasteiger partial charge on any atom is -0.459 e. The van der Waals surface area contributed by atoms with Gasteiger partial charge in [-0.25, -0.2) is 0 Å². The molecule has 0 aliphatic heterocycles. The highest BCUT2D eigenvalue weighted by Gasteiger charge is 2.14. The van der Waals surface area contributed by atoms with E-state index in [9.17, 15) is 4.79 Å². The average Bonchev–Trinajstić information content (AvgIpc) is 2.92. The molecule has 1 unspecified atom stereocenters. The molecule has 0 radical (unpaired) electrons. The Kier molecular flexibility index (Phi) is 3.73. The van der Waals surface area contributed by atoms with Crippen LogP contribution in [0.5, 0.6) is 0 Å². The summed E-state index contributed by atoms with van der Waals surface area (Å²) in [4.78, 5) is 12.1. The largest absolute Gasteiger partial charge is 0.459 e. The fraction of sp³-hybridized carbons (Fsp3) is 0.167. The molecule has 1 N–H and O–H groups in total. The van der Waals surface area contributed by atoms with Crippen molar-refractivity contribution in [3.63, 3.8) is 0 Å². The van der Waals surface area contributed by atoms with Crippen LogP contribution in [0.1, 0.15) is 24.3 Å². The lowest BCUT2D eigenvalue weighted by atomic mass is 10.1. The Hall–Kier alpha value is -2.55. The molecule has 106 valence electrons. The quantitative estimate of drug-likeness (QED) is 0.788. The minimum absolute atomic E-state index is 0.00541. The summed E-state index contributed by atoms with van der Waals surface area (Å²) in [5.74, 6) is 0.770. The van der Waals surface area contributed by atoms with Crippen LogP contribution in [0.2, 0.25) is 0 Å². The molecule has 1 atom stereocenters. The zero-order chi connectivity index (χ0) is 14.7. The van der Waals surface area contributed by atoms with E-state index in [1.807, 2.05) is 67.6 Å². The normalized spacial score (nSPS) is 12.2. The van der Waals surface area contributed by atoms with E-state index in [0.29, 0.717) is 6.42 Å². The van der Waals surface area contributed by atoms with E-state index in [1.165, 1.54) is 0 Å². The number of fused-ring (bicyclic) bond motifs is 1. The second-order valence-electron chi connectivity index (χ2n) is 5.14. The van der Waals surface area contributed by atoms with Crippen LogP contribution in [0.3, 0.4) is 0 Å². The van der Waals surface area contributed by atoms with Gasteiger partial charge in [0.25, 0.3) is 0 Å². The zero-order valence-corrected chi connectivity index (χ0v) is 11.9. The third-order valence-corrected chi connectivity index (χ3v) is 3.46. The highest BCUT2D eigenvalue weighted by molar-refractivity contribution is 5.80. The third kappa shape index (κ3) is 3.14. The van der Waals surface area contributed by atoms with Crippen molar-refractivity contribution in [1.82, 2.24) is 5.32 Å². The van der Waals surface area contributed by atoms with Crippen molar-refractivity contribution in [3.05, 3.63) is 72.0 Å². The van der Waals surface area contributed by atoms with Crippen LogP contribution in [-0.4, -0.2) is 5.91 Å². The van der Waals surface area contributed by atoms with Gasteiger partial charge >= 0.3 is 0 Å². The summed E-state index contributed by atoms with van der Waals surface area (Å²) in [6, 6.07) is 19.4. The molecule has 0 bridgehead atoms. The van der Waals surface area contributed by atoms with Gasteiger partial charge in [0.05, 0.1) is 12.5 Å². The maximum absolute atomic E-state index is 12.1. The van der Waals surface area contributed by atoms with Gasteiger partial charge in [-0.05, 0) is 24.6 Å². The van der Waals surface area contributed by atoms with Crippen LogP contribution in [0.4, 0.5) is 0 Å². The molecule has 3 rings (SSSR count). The van der Waals surface area contributed by atoms with Crippen molar-refractivity contribution in [3.8, 4) is 0 Å². The number of para-hydroxylation sites is 1. The number of carbonyl (C=O) groups is 1. The highest BCUT2D eigenvalue weighted by Crippen LogP contribution is 2.23. The highest BCUT2D eigenvalue weighted by atomic mass is 16.3. The van der Waals surface area contributed by atoms with Crippen molar-refractivity contribution in [1.29, 1.82) is 0 Å². The number of amides is 1. The smallest absolute Gasteiger partial charge is 0.224 e. The first kappa shape index (κ1) is 13.4. The first-order valence-electron chi connectivity index (χ1n) is 7.04. The van der Waals surface area contributed by atoms with Crippen molar-refractivity contribution >= 4 is 16.9 Å². The maximum Gasteiger partial charge on any atom is 0.224 e. The molecule has 3 heteroatoms. The van der Waals surface area contributed by atoms with Crippen LogP contribution in [-0.2, 0) is 11.2 Å².